The Labute approximate surface area is 123 Å². The summed E-state index contributed by atoms with van der Waals surface area (Å²) in [5, 5.41) is 3.20. The van der Waals surface area contributed by atoms with Crippen LogP contribution in [0, 0.1) is 13.8 Å². The molecule has 2 rings (SSSR count). The third-order valence-corrected chi connectivity index (χ3v) is 4.00. The molecule has 0 aromatic heterocycles. The zero-order chi connectivity index (χ0) is 14.4. The second kappa shape index (κ2) is 7.65. The number of aryl methyl sites for hydroxylation is 2. The lowest BCUT2D eigenvalue weighted by atomic mass is 10.1. The Kier molecular flexibility index (Phi) is 5.86. The zero-order valence-corrected chi connectivity index (χ0v) is 13.2. The van der Waals surface area contributed by atoms with Gasteiger partial charge in [0.2, 0.25) is 0 Å². The van der Waals surface area contributed by atoms with Crippen LogP contribution in [-0.2, 0) is 6.54 Å². The highest BCUT2D eigenvalue weighted by atomic mass is 16.5. The number of ether oxygens (including phenoxy) is 1. The summed E-state index contributed by atoms with van der Waals surface area (Å²) in [6.45, 7) is 9.52. The molecule has 0 saturated carbocycles. The normalized spacial score (nSPS) is 16.4. The van der Waals surface area contributed by atoms with Crippen molar-refractivity contribution in [1.29, 1.82) is 0 Å². The molecule has 1 heterocycles. The van der Waals surface area contributed by atoms with Crippen molar-refractivity contribution in [3.05, 3.63) is 28.8 Å². The van der Waals surface area contributed by atoms with Gasteiger partial charge in [0, 0.05) is 13.1 Å². The monoisotopic (exact) mass is 276 g/mol. The van der Waals surface area contributed by atoms with Gasteiger partial charge in [-0.25, -0.2) is 0 Å². The van der Waals surface area contributed by atoms with Crippen molar-refractivity contribution in [3.8, 4) is 5.75 Å². The predicted molar refractivity (Wildman–Crippen MR) is 84.5 cm³/mol. The van der Waals surface area contributed by atoms with E-state index in [4.69, 9.17) is 4.74 Å². The van der Waals surface area contributed by atoms with E-state index >= 15 is 0 Å². The summed E-state index contributed by atoms with van der Waals surface area (Å²) in [5.74, 6) is 1.07. The van der Waals surface area contributed by atoms with Gasteiger partial charge in [0.15, 0.2) is 0 Å². The van der Waals surface area contributed by atoms with Crippen LogP contribution in [0.5, 0.6) is 5.75 Å². The number of nitrogens with zero attached hydrogens (tertiary/aromatic N) is 1. The van der Waals surface area contributed by atoms with Crippen molar-refractivity contribution in [3.63, 3.8) is 0 Å². The van der Waals surface area contributed by atoms with E-state index in [2.05, 4.69) is 36.2 Å². The largest absolute Gasteiger partial charge is 0.492 e. The van der Waals surface area contributed by atoms with E-state index in [-0.39, 0.29) is 0 Å². The van der Waals surface area contributed by atoms with Crippen LogP contribution in [0.1, 0.15) is 36.0 Å². The van der Waals surface area contributed by atoms with Gasteiger partial charge in [-0.3, -0.25) is 4.90 Å². The van der Waals surface area contributed by atoms with Gasteiger partial charge in [-0.15, -0.1) is 0 Å². The van der Waals surface area contributed by atoms with Crippen molar-refractivity contribution in [2.45, 2.75) is 39.7 Å². The number of piperidine rings is 1. The fourth-order valence-electron chi connectivity index (χ4n) is 3.03. The Morgan fingerprint density at radius 1 is 1.10 bits per heavy atom. The fourth-order valence-corrected chi connectivity index (χ4v) is 3.03. The maximum absolute atomic E-state index is 6.04. The summed E-state index contributed by atoms with van der Waals surface area (Å²) in [4.78, 5) is 2.52. The minimum Gasteiger partial charge on any atom is -0.492 e. The molecule has 0 unspecified atom stereocenters. The number of hydrogen-bond donors (Lipinski definition) is 1. The van der Waals surface area contributed by atoms with Gasteiger partial charge in [0.25, 0.3) is 0 Å². The van der Waals surface area contributed by atoms with E-state index in [0.717, 1.165) is 25.4 Å². The Morgan fingerprint density at radius 3 is 2.35 bits per heavy atom. The molecule has 1 fully saturated rings. The first kappa shape index (κ1) is 15.3. The molecule has 0 amide bonds. The minimum atomic E-state index is 0.799. The summed E-state index contributed by atoms with van der Waals surface area (Å²) in [7, 11) is 1.98. The van der Waals surface area contributed by atoms with Crippen LogP contribution in [0.25, 0.3) is 0 Å². The number of benzene rings is 1. The van der Waals surface area contributed by atoms with Crippen LogP contribution < -0.4 is 10.1 Å². The molecule has 1 aliphatic rings. The first-order chi connectivity index (χ1) is 9.70. The van der Waals surface area contributed by atoms with E-state index in [1.54, 1.807) is 0 Å². The highest BCUT2D eigenvalue weighted by Crippen LogP contribution is 2.25. The number of rotatable bonds is 6. The third-order valence-electron chi connectivity index (χ3n) is 4.00. The van der Waals surface area contributed by atoms with Crippen LogP contribution >= 0.6 is 0 Å². The van der Waals surface area contributed by atoms with Gasteiger partial charge >= 0.3 is 0 Å². The first-order valence-corrected chi connectivity index (χ1v) is 7.80. The summed E-state index contributed by atoms with van der Waals surface area (Å²) in [6.07, 6.45) is 4.08. The van der Waals surface area contributed by atoms with Crippen LogP contribution in [0.4, 0.5) is 0 Å². The average Bonchev–Trinajstić information content (AvgIpc) is 2.43. The minimum absolute atomic E-state index is 0.799. The van der Waals surface area contributed by atoms with Gasteiger partial charge in [0.05, 0.1) is 0 Å². The standard InChI is InChI=1S/C17H28N2O/c1-14-11-16(13-18-3)12-15(2)17(14)20-10-9-19-7-5-4-6-8-19/h11-12,18H,4-10,13H2,1-3H3. The molecule has 0 bridgehead atoms. The number of hydrogen-bond acceptors (Lipinski definition) is 3. The summed E-state index contributed by atoms with van der Waals surface area (Å²) < 4.78 is 6.04. The molecule has 1 aromatic rings. The zero-order valence-electron chi connectivity index (χ0n) is 13.2. The molecule has 1 saturated heterocycles. The molecule has 1 aliphatic heterocycles. The lowest BCUT2D eigenvalue weighted by Crippen LogP contribution is -2.33. The van der Waals surface area contributed by atoms with Gasteiger partial charge in [-0.05, 0) is 63.5 Å². The van der Waals surface area contributed by atoms with Crippen molar-refractivity contribution >= 4 is 0 Å². The SMILES string of the molecule is CNCc1cc(C)c(OCCN2CCCCC2)c(C)c1. The summed E-state index contributed by atoms with van der Waals surface area (Å²) in [6, 6.07) is 4.44. The molecular formula is C17H28N2O. The van der Waals surface area contributed by atoms with Gasteiger partial charge in [-0.2, -0.15) is 0 Å². The molecule has 0 atom stereocenters. The lowest BCUT2D eigenvalue weighted by Gasteiger charge is -2.26. The molecule has 0 radical (unpaired) electrons. The second-order valence-electron chi connectivity index (χ2n) is 5.84. The maximum Gasteiger partial charge on any atom is 0.125 e. The van der Waals surface area contributed by atoms with Crippen LogP contribution in [-0.4, -0.2) is 38.2 Å². The second-order valence-corrected chi connectivity index (χ2v) is 5.84. The highest BCUT2D eigenvalue weighted by molar-refractivity contribution is 5.43. The molecule has 3 nitrogen and oxygen atoms in total. The Hall–Kier alpha value is -1.06. The highest BCUT2D eigenvalue weighted by Gasteiger charge is 2.11. The van der Waals surface area contributed by atoms with Crippen LogP contribution in [0.2, 0.25) is 0 Å². The third kappa shape index (κ3) is 4.22. The first-order valence-electron chi connectivity index (χ1n) is 7.80. The van der Waals surface area contributed by atoms with E-state index in [1.807, 2.05) is 7.05 Å². The van der Waals surface area contributed by atoms with Gasteiger partial charge in [-0.1, -0.05) is 18.6 Å². The number of likely N-dealkylation sites (tertiary alicyclic amines) is 1. The quantitative estimate of drug-likeness (QED) is 0.864. The molecule has 20 heavy (non-hydrogen) atoms. The van der Waals surface area contributed by atoms with Gasteiger partial charge in [0.1, 0.15) is 12.4 Å². The van der Waals surface area contributed by atoms with Crippen molar-refractivity contribution in [2.75, 3.05) is 33.3 Å². The van der Waals surface area contributed by atoms with E-state index in [1.165, 1.54) is 49.0 Å². The molecular weight excluding hydrogens is 248 g/mol. The van der Waals surface area contributed by atoms with E-state index < -0.39 is 0 Å². The smallest absolute Gasteiger partial charge is 0.125 e. The van der Waals surface area contributed by atoms with E-state index in [9.17, 15) is 0 Å². The maximum atomic E-state index is 6.04. The molecule has 112 valence electrons. The average molecular weight is 276 g/mol. The molecule has 3 heteroatoms. The van der Waals surface area contributed by atoms with Crippen LogP contribution in [0.3, 0.4) is 0 Å². The molecule has 0 spiro atoms. The fraction of sp³-hybridized carbons (Fsp3) is 0.647. The molecule has 1 aromatic carbocycles. The summed E-state index contributed by atoms with van der Waals surface area (Å²) in [5.41, 5.74) is 3.81. The van der Waals surface area contributed by atoms with Crippen molar-refractivity contribution in [2.24, 2.45) is 0 Å². The Balaban J connectivity index is 1.88. The summed E-state index contributed by atoms with van der Waals surface area (Å²) >= 11 is 0. The molecule has 0 aliphatic carbocycles. The van der Waals surface area contributed by atoms with Gasteiger partial charge < -0.3 is 10.1 Å². The Morgan fingerprint density at radius 2 is 1.75 bits per heavy atom. The van der Waals surface area contributed by atoms with E-state index in [0.29, 0.717) is 0 Å². The van der Waals surface area contributed by atoms with Crippen molar-refractivity contribution < 1.29 is 4.74 Å². The molecule has 1 N–H and O–H groups in total. The predicted octanol–water partition coefficient (Wildman–Crippen LogP) is 2.89. The Bertz CT molecular complexity index is 402. The lowest BCUT2D eigenvalue weighted by molar-refractivity contribution is 0.182. The topological polar surface area (TPSA) is 24.5 Å². The number of nitrogens with one attached hydrogen (secondary N) is 1. The van der Waals surface area contributed by atoms with Crippen molar-refractivity contribution in [1.82, 2.24) is 10.2 Å². The van der Waals surface area contributed by atoms with Crippen LogP contribution in [0.15, 0.2) is 12.1 Å².